The molecule has 1 aliphatic heterocycles. The average Bonchev–Trinajstić information content (AvgIpc) is 2.40. The Bertz CT molecular complexity index is 464. The number of benzene rings is 1. The van der Waals surface area contributed by atoms with Crippen LogP contribution in [0.2, 0.25) is 0 Å². The summed E-state index contributed by atoms with van der Waals surface area (Å²) in [5, 5.41) is 9.16. The lowest BCUT2D eigenvalue weighted by Crippen LogP contribution is -2.44. The monoisotopic (exact) mass is 278 g/mol. The van der Waals surface area contributed by atoms with Crippen molar-refractivity contribution in [3.8, 4) is 0 Å². The van der Waals surface area contributed by atoms with E-state index in [0.717, 1.165) is 24.9 Å². The molecular weight excluding hydrogens is 260 g/mol. The Labute approximate surface area is 118 Å². The summed E-state index contributed by atoms with van der Waals surface area (Å²) in [6, 6.07) is 9.62. The van der Waals surface area contributed by atoms with Crippen molar-refractivity contribution in [3.63, 3.8) is 0 Å². The van der Waals surface area contributed by atoms with Gasteiger partial charge in [-0.3, -0.25) is 9.69 Å². The van der Waals surface area contributed by atoms with E-state index < -0.39 is 5.97 Å². The van der Waals surface area contributed by atoms with Crippen LogP contribution in [0.4, 0.5) is 0 Å². The molecule has 0 aliphatic carbocycles. The van der Waals surface area contributed by atoms with E-state index >= 15 is 0 Å². The molecule has 3 N–H and O–H groups in total. The highest BCUT2D eigenvalue weighted by Gasteiger charge is 2.31. The van der Waals surface area contributed by atoms with Crippen LogP contribution in [0.15, 0.2) is 30.3 Å². The lowest BCUT2D eigenvalue weighted by Gasteiger charge is -2.36. The maximum absolute atomic E-state index is 11.1. The van der Waals surface area contributed by atoms with Crippen molar-refractivity contribution >= 4 is 23.2 Å². The molecule has 0 radical (unpaired) electrons. The second kappa shape index (κ2) is 6.12. The van der Waals surface area contributed by atoms with Gasteiger partial charge in [-0.05, 0) is 24.9 Å². The smallest absolute Gasteiger partial charge is 0.307 e. The standard InChI is InChI=1S/C14H18N2O2S/c15-13(19)12(10-5-2-1-3-6-10)16-8-4-7-11(9-16)14(17)18/h1-3,5-6,11-12H,4,7-9H2,(H2,15,19)(H,17,18). The number of thiocarbonyl (C=S) groups is 1. The molecule has 1 aromatic carbocycles. The van der Waals surface area contributed by atoms with Gasteiger partial charge in [-0.1, -0.05) is 42.5 Å². The minimum Gasteiger partial charge on any atom is -0.481 e. The zero-order chi connectivity index (χ0) is 13.8. The lowest BCUT2D eigenvalue weighted by molar-refractivity contribution is -0.143. The Morgan fingerprint density at radius 2 is 2.11 bits per heavy atom. The number of likely N-dealkylation sites (tertiary alicyclic amines) is 1. The van der Waals surface area contributed by atoms with Crippen LogP contribution in [0.3, 0.4) is 0 Å². The fraction of sp³-hybridized carbons (Fsp3) is 0.429. The van der Waals surface area contributed by atoms with Crippen LogP contribution in [-0.2, 0) is 4.79 Å². The third-order valence-corrected chi connectivity index (χ3v) is 3.78. The number of hydrogen-bond acceptors (Lipinski definition) is 3. The average molecular weight is 278 g/mol. The van der Waals surface area contributed by atoms with E-state index in [1.165, 1.54) is 0 Å². The Kier molecular flexibility index (Phi) is 4.50. The predicted molar refractivity (Wildman–Crippen MR) is 77.9 cm³/mol. The summed E-state index contributed by atoms with van der Waals surface area (Å²) < 4.78 is 0. The second-order valence-electron chi connectivity index (χ2n) is 4.89. The molecule has 19 heavy (non-hydrogen) atoms. The number of rotatable bonds is 4. The van der Waals surface area contributed by atoms with E-state index in [-0.39, 0.29) is 12.0 Å². The summed E-state index contributed by atoms with van der Waals surface area (Å²) in [6.07, 6.45) is 1.59. The second-order valence-corrected chi connectivity index (χ2v) is 5.36. The molecule has 0 aromatic heterocycles. The molecule has 2 rings (SSSR count). The third kappa shape index (κ3) is 3.30. The molecule has 1 saturated heterocycles. The van der Waals surface area contributed by atoms with E-state index in [2.05, 4.69) is 4.90 Å². The number of carbonyl (C=O) groups is 1. The van der Waals surface area contributed by atoms with E-state index in [4.69, 9.17) is 23.1 Å². The Morgan fingerprint density at radius 1 is 1.42 bits per heavy atom. The van der Waals surface area contributed by atoms with Gasteiger partial charge in [0.25, 0.3) is 0 Å². The SMILES string of the molecule is NC(=S)C(c1ccccc1)N1CCCC(C(=O)O)C1. The van der Waals surface area contributed by atoms with Gasteiger partial charge in [0.1, 0.15) is 0 Å². The van der Waals surface area contributed by atoms with Gasteiger partial charge in [0, 0.05) is 6.54 Å². The number of aliphatic carboxylic acids is 1. The van der Waals surface area contributed by atoms with Gasteiger partial charge in [0.05, 0.1) is 16.9 Å². The van der Waals surface area contributed by atoms with Crippen molar-refractivity contribution in [2.75, 3.05) is 13.1 Å². The molecule has 4 nitrogen and oxygen atoms in total. The molecule has 0 saturated carbocycles. The fourth-order valence-corrected chi connectivity index (χ4v) is 2.92. The molecule has 2 atom stereocenters. The normalized spacial score (nSPS) is 21.8. The summed E-state index contributed by atoms with van der Waals surface area (Å²) in [4.78, 5) is 13.6. The van der Waals surface area contributed by atoms with Crippen LogP contribution < -0.4 is 5.73 Å². The molecular formula is C14H18N2O2S. The first kappa shape index (κ1) is 14.0. The molecule has 102 valence electrons. The molecule has 1 aliphatic rings. The minimum atomic E-state index is -0.737. The largest absolute Gasteiger partial charge is 0.481 e. The van der Waals surface area contributed by atoms with E-state index in [1.54, 1.807) is 0 Å². The summed E-state index contributed by atoms with van der Waals surface area (Å²) in [7, 11) is 0. The van der Waals surface area contributed by atoms with Crippen LogP contribution in [0, 0.1) is 5.92 Å². The van der Waals surface area contributed by atoms with Crippen molar-refractivity contribution < 1.29 is 9.90 Å². The van der Waals surface area contributed by atoms with Gasteiger partial charge in [-0.15, -0.1) is 0 Å². The third-order valence-electron chi connectivity index (χ3n) is 3.55. The Morgan fingerprint density at radius 3 is 2.68 bits per heavy atom. The van der Waals surface area contributed by atoms with Gasteiger partial charge in [0.2, 0.25) is 0 Å². The van der Waals surface area contributed by atoms with Crippen molar-refractivity contribution in [1.82, 2.24) is 4.90 Å². The van der Waals surface area contributed by atoms with Crippen LogP contribution in [0.5, 0.6) is 0 Å². The highest BCUT2D eigenvalue weighted by molar-refractivity contribution is 7.80. The first-order valence-corrected chi connectivity index (χ1v) is 6.81. The van der Waals surface area contributed by atoms with Gasteiger partial charge in [-0.2, -0.15) is 0 Å². The van der Waals surface area contributed by atoms with E-state index in [0.29, 0.717) is 11.5 Å². The number of hydrogen-bond donors (Lipinski definition) is 2. The minimum absolute atomic E-state index is 0.168. The van der Waals surface area contributed by atoms with E-state index in [1.807, 2.05) is 30.3 Å². The zero-order valence-electron chi connectivity index (χ0n) is 10.7. The van der Waals surface area contributed by atoms with Crippen molar-refractivity contribution in [2.24, 2.45) is 11.7 Å². The zero-order valence-corrected chi connectivity index (χ0v) is 11.5. The molecule has 0 amide bonds. The molecule has 2 unspecified atom stereocenters. The van der Waals surface area contributed by atoms with Crippen LogP contribution in [0.25, 0.3) is 0 Å². The van der Waals surface area contributed by atoms with Gasteiger partial charge < -0.3 is 10.8 Å². The number of carboxylic acid groups (broad SMARTS) is 1. The topological polar surface area (TPSA) is 66.6 Å². The Balaban J connectivity index is 2.20. The van der Waals surface area contributed by atoms with Gasteiger partial charge >= 0.3 is 5.97 Å². The molecule has 1 fully saturated rings. The Hall–Kier alpha value is -1.46. The maximum atomic E-state index is 11.1. The quantitative estimate of drug-likeness (QED) is 0.822. The highest BCUT2D eigenvalue weighted by atomic mass is 32.1. The number of piperidine rings is 1. The fourth-order valence-electron chi connectivity index (χ4n) is 2.63. The molecule has 1 heterocycles. The number of carboxylic acids is 1. The summed E-state index contributed by atoms with van der Waals surface area (Å²) in [6.45, 7) is 1.34. The van der Waals surface area contributed by atoms with Crippen molar-refractivity contribution in [3.05, 3.63) is 35.9 Å². The van der Waals surface area contributed by atoms with Crippen molar-refractivity contribution in [2.45, 2.75) is 18.9 Å². The van der Waals surface area contributed by atoms with Gasteiger partial charge in [-0.25, -0.2) is 0 Å². The number of nitrogens with two attached hydrogens (primary N) is 1. The van der Waals surface area contributed by atoms with Crippen LogP contribution >= 0.6 is 12.2 Å². The summed E-state index contributed by atoms with van der Waals surface area (Å²) in [5.74, 6) is -1.06. The molecule has 0 spiro atoms. The lowest BCUT2D eigenvalue weighted by atomic mass is 9.95. The molecule has 1 aromatic rings. The molecule has 5 heteroatoms. The first-order chi connectivity index (χ1) is 9.09. The number of nitrogens with zero attached hydrogens (tertiary/aromatic N) is 1. The van der Waals surface area contributed by atoms with Crippen molar-refractivity contribution in [1.29, 1.82) is 0 Å². The summed E-state index contributed by atoms with van der Waals surface area (Å²) >= 11 is 5.17. The highest BCUT2D eigenvalue weighted by Crippen LogP contribution is 2.27. The van der Waals surface area contributed by atoms with Gasteiger partial charge in [0.15, 0.2) is 0 Å². The van der Waals surface area contributed by atoms with E-state index in [9.17, 15) is 4.79 Å². The van der Waals surface area contributed by atoms with Crippen LogP contribution in [0.1, 0.15) is 24.4 Å². The predicted octanol–water partition coefficient (Wildman–Crippen LogP) is 1.81. The first-order valence-electron chi connectivity index (χ1n) is 6.40. The summed E-state index contributed by atoms with van der Waals surface area (Å²) in [5.41, 5.74) is 6.89. The molecule has 0 bridgehead atoms. The van der Waals surface area contributed by atoms with Crippen LogP contribution in [-0.4, -0.2) is 34.1 Å². The maximum Gasteiger partial charge on any atom is 0.307 e.